The second-order valence-corrected chi connectivity index (χ2v) is 8.44. The molecule has 0 aromatic carbocycles. The van der Waals surface area contributed by atoms with E-state index in [2.05, 4.69) is 20.2 Å². The molecule has 0 N–H and O–H groups in total. The summed E-state index contributed by atoms with van der Waals surface area (Å²) in [6, 6.07) is 1.27. The van der Waals surface area contributed by atoms with Gasteiger partial charge in [-0.1, -0.05) is 0 Å². The number of urea groups is 1. The topological polar surface area (TPSA) is 88.7 Å². The summed E-state index contributed by atoms with van der Waals surface area (Å²) in [4.78, 5) is 23.8. The number of amides is 2. The van der Waals surface area contributed by atoms with Crippen molar-refractivity contribution in [1.29, 1.82) is 0 Å². The van der Waals surface area contributed by atoms with Gasteiger partial charge in [-0.15, -0.1) is 11.3 Å². The maximum Gasteiger partial charge on any atom is 0.341 e. The SMILES string of the molecule is Cc1cnn(C)c1-c1cc(OC2CN(C(=O)N3N=CCC3c3cncs3)C2)c(F)cn1. The van der Waals surface area contributed by atoms with Crippen molar-refractivity contribution in [2.75, 3.05) is 13.1 Å². The van der Waals surface area contributed by atoms with Crippen LogP contribution in [0.25, 0.3) is 11.4 Å². The van der Waals surface area contributed by atoms with E-state index in [1.807, 2.05) is 14.0 Å². The second-order valence-electron chi connectivity index (χ2n) is 7.53. The molecule has 1 fully saturated rings. The quantitative estimate of drug-likeness (QED) is 0.621. The zero-order chi connectivity index (χ0) is 21.5. The van der Waals surface area contributed by atoms with Crippen LogP contribution >= 0.6 is 11.3 Å². The van der Waals surface area contributed by atoms with Gasteiger partial charge in [-0.2, -0.15) is 10.2 Å². The minimum absolute atomic E-state index is 0.115. The number of thiazole rings is 1. The number of likely N-dealkylation sites (tertiary alicyclic amines) is 1. The van der Waals surface area contributed by atoms with Crippen LogP contribution in [0.15, 0.2) is 35.3 Å². The van der Waals surface area contributed by atoms with Gasteiger partial charge in [0.1, 0.15) is 6.10 Å². The van der Waals surface area contributed by atoms with Crippen LogP contribution < -0.4 is 4.74 Å². The molecule has 3 aromatic rings. The van der Waals surface area contributed by atoms with Crippen LogP contribution in [-0.4, -0.2) is 61.1 Å². The van der Waals surface area contributed by atoms with Crippen molar-refractivity contribution < 1.29 is 13.9 Å². The molecule has 0 bridgehead atoms. The van der Waals surface area contributed by atoms with Crippen molar-refractivity contribution in [3.8, 4) is 17.1 Å². The minimum Gasteiger partial charge on any atom is -0.483 e. The Morgan fingerprint density at radius 2 is 2.13 bits per heavy atom. The fourth-order valence-corrected chi connectivity index (χ4v) is 4.49. The largest absolute Gasteiger partial charge is 0.483 e. The van der Waals surface area contributed by atoms with Gasteiger partial charge in [0.2, 0.25) is 0 Å². The fraction of sp³-hybridized carbons (Fsp3) is 0.350. The van der Waals surface area contributed by atoms with Crippen molar-refractivity contribution in [1.82, 2.24) is 29.7 Å². The molecule has 2 amide bonds. The molecule has 2 aliphatic rings. The molecule has 0 radical (unpaired) electrons. The van der Waals surface area contributed by atoms with E-state index in [0.717, 1.165) is 22.3 Å². The number of aryl methyl sites for hydroxylation is 2. The Labute approximate surface area is 181 Å². The number of hydrazone groups is 1. The first kappa shape index (κ1) is 19.6. The average Bonchev–Trinajstić information content (AvgIpc) is 3.46. The van der Waals surface area contributed by atoms with Crippen LogP contribution in [0.3, 0.4) is 0 Å². The number of carbonyl (C=O) groups excluding carboxylic acids is 1. The van der Waals surface area contributed by atoms with E-state index in [4.69, 9.17) is 4.74 Å². The van der Waals surface area contributed by atoms with Crippen molar-refractivity contribution >= 4 is 23.6 Å². The van der Waals surface area contributed by atoms with E-state index in [1.54, 1.807) is 39.8 Å². The van der Waals surface area contributed by atoms with E-state index >= 15 is 0 Å². The number of halogens is 1. The minimum atomic E-state index is -0.539. The van der Waals surface area contributed by atoms with Gasteiger partial charge in [0, 0.05) is 36.8 Å². The second kappa shape index (κ2) is 7.73. The van der Waals surface area contributed by atoms with E-state index in [-0.39, 0.29) is 23.9 Å². The van der Waals surface area contributed by atoms with Gasteiger partial charge in [0.25, 0.3) is 0 Å². The molecule has 5 rings (SSSR count). The average molecular weight is 441 g/mol. The van der Waals surface area contributed by atoms with Crippen molar-refractivity contribution in [3.63, 3.8) is 0 Å². The highest BCUT2D eigenvalue weighted by atomic mass is 32.1. The van der Waals surface area contributed by atoms with Crippen LogP contribution in [0, 0.1) is 12.7 Å². The third kappa shape index (κ3) is 3.54. The molecule has 3 aromatic heterocycles. The Kier molecular flexibility index (Phi) is 4.89. The summed E-state index contributed by atoms with van der Waals surface area (Å²) in [5, 5.41) is 9.92. The standard InChI is InChI=1S/C20H20FN7O2S/c1-12-6-25-26(2)19(12)15-5-17(14(21)7-23-15)30-13-9-27(10-13)20(29)28-16(3-4-24-28)18-8-22-11-31-18/h4-8,11,13,16H,3,9-10H2,1-2H3. The molecule has 1 atom stereocenters. The molecule has 0 spiro atoms. The first-order chi connectivity index (χ1) is 15.0. The molecular formula is C20H20FN7O2S. The predicted octanol–water partition coefficient (Wildman–Crippen LogP) is 3.00. The van der Waals surface area contributed by atoms with Crippen LogP contribution in [0.4, 0.5) is 9.18 Å². The number of hydrogen-bond acceptors (Lipinski definition) is 7. The lowest BCUT2D eigenvalue weighted by atomic mass is 10.1. The third-order valence-corrected chi connectivity index (χ3v) is 6.28. The van der Waals surface area contributed by atoms with Crippen molar-refractivity contribution in [3.05, 3.63) is 46.4 Å². The summed E-state index contributed by atoms with van der Waals surface area (Å²) >= 11 is 1.50. The van der Waals surface area contributed by atoms with Gasteiger partial charge in [0.15, 0.2) is 11.6 Å². The predicted molar refractivity (Wildman–Crippen MR) is 112 cm³/mol. The fourth-order valence-electron chi connectivity index (χ4n) is 3.77. The van der Waals surface area contributed by atoms with Gasteiger partial charge in [-0.3, -0.25) is 14.6 Å². The summed E-state index contributed by atoms with van der Waals surface area (Å²) in [7, 11) is 1.81. The lowest BCUT2D eigenvalue weighted by molar-refractivity contribution is 0.0258. The summed E-state index contributed by atoms with van der Waals surface area (Å²) in [6.45, 7) is 2.65. The Morgan fingerprint density at radius 3 is 2.84 bits per heavy atom. The smallest absolute Gasteiger partial charge is 0.341 e. The molecule has 11 heteroatoms. The third-order valence-electron chi connectivity index (χ3n) is 5.40. The zero-order valence-electron chi connectivity index (χ0n) is 17.0. The molecule has 1 unspecified atom stereocenters. The highest BCUT2D eigenvalue weighted by Crippen LogP contribution is 2.33. The molecule has 5 heterocycles. The van der Waals surface area contributed by atoms with E-state index in [0.29, 0.717) is 25.2 Å². The zero-order valence-corrected chi connectivity index (χ0v) is 17.8. The van der Waals surface area contributed by atoms with Crippen molar-refractivity contribution in [2.24, 2.45) is 12.1 Å². The van der Waals surface area contributed by atoms with Crippen LogP contribution in [0.1, 0.15) is 22.9 Å². The monoisotopic (exact) mass is 441 g/mol. The Bertz CT molecular complexity index is 1120. The van der Waals surface area contributed by atoms with E-state index in [9.17, 15) is 9.18 Å². The van der Waals surface area contributed by atoms with Gasteiger partial charge in [0.05, 0.1) is 48.4 Å². The summed E-state index contributed by atoms with van der Waals surface area (Å²) in [5.74, 6) is -0.424. The molecule has 1 saturated heterocycles. The number of hydrogen-bond donors (Lipinski definition) is 0. The lowest BCUT2D eigenvalue weighted by Gasteiger charge is -2.40. The number of carbonyl (C=O) groups is 1. The molecule has 9 nitrogen and oxygen atoms in total. The molecular weight excluding hydrogens is 421 g/mol. The maximum absolute atomic E-state index is 14.3. The molecule has 0 saturated carbocycles. The highest BCUT2D eigenvalue weighted by molar-refractivity contribution is 7.09. The van der Waals surface area contributed by atoms with Gasteiger partial charge >= 0.3 is 6.03 Å². The van der Waals surface area contributed by atoms with Crippen LogP contribution in [0.2, 0.25) is 0 Å². The highest BCUT2D eigenvalue weighted by Gasteiger charge is 2.39. The Hall–Kier alpha value is -3.34. The van der Waals surface area contributed by atoms with Crippen molar-refractivity contribution in [2.45, 2.75) is 25.5 Å². The molecule has 0 aliphatic carbocycles. The normalized spacial score (nSPS) is 18.5. The van der Waals surface area contributed by atoms with Gasteiger partial charge in [-0.05, 0) is 12.5 Å². The molecule has 2 aliphatic heterocycles. The van der Waals surface area contributed by atoms with Gasteiger partial charge in [-0.25, -0.2) is 14.2 Å². The Balaban J connectivity index is 1.24. The Morgan fingerprint density at radius 1 is 1.29 bits per heavy atom. The number of nitrogens with zero attached hydrogens (tertiary/aromatic N) is 7. The summed E-state index contributed by atoms with van der Waals surface area (Å²) < 4.78 is 21.9. The van der Waals surface area contributed by atoms with Gasteiger partial charge < -0.3 is 9.64 Å². The van der Waals surface area contributed by atoms with E-state index < -0.39 is 5.82 Å². The molecule has 160 valence electrons. The first-order valence-corrected chi connectivity index (χ1v) is 10.7. The lowest BCUT2D eigenvalue weighted by Crippen LogP contribution is -2.58. The van der Waals surface area contributed by atoms with Crippen LogP contribution in [-0.2, 0) is 7.05 Å². The number of pyridine rings is 1. The van der Waals surface area contributed by atoms with Crippen LogP contribution in [0.5, 0.6) is 5.75 Å². The summed E-state index contributed by atoms with van der Waals surface area (Å²) in [6.07, 6.45) is 6.76. The number of rotatable bonds is 4. The maximum atomic E-state index is 14.3. The summed E-state index contributed by atoms with van der Waals surface area (Å²) in [5.41, 5.74) is 4.07. The first-order valence-electron chi connectivity index (χ1n) is 9.81. The molecule has 31 heavy (non-hydrogen) atoms. The number of aromatic nitrogens is 4. The van der Waals surface area contributed by atoms with E-state index in [1.165, 1.54) is 16.3 Å². The number of ether oxygens (including phenoxy) is 1.